The molecule has 0 bridgehead atoms. The van der Waals surface area contributed by atoms with E-state index < -0.39 is 22.4 Å². The summed E-state index contributed by atoms with van der Waals surface area (Å²) < 4.78 is 39.1. The molecule has 20 heavy (non-hydrogen) atoms. The Labute approximate surface area is 111 Å². The van der Waals surface area contributed by atoms with E-state index in [-0.39, 0.29) is 16.8 Å². The summed E-state index contributed by atoms with van der Waals surface area (Å²) >= 11 is 0. The number of rotatable bonds is 2. The number of nitrogens with zero attached hydrogens (tertiary/aromatic N) is 1. The molecule has 0 amide bonds. The number of nitro benzene ring substituents is 1. The number of hydrogen-bond donors (Lipinski definition) is 1. The number of halogens is 3. The largest absolute Gasteiger partial charge is 0.417 e. The smallest absolute Gasteiger partial charge is 0.398 e. The highest BCUT2D eigenvalue weighted by molar-refractivity contribution is 5.79. The van der Waals surface area contributed by atoms with Crippen LogP contribution in [-0.4, -0.2) is 4.92 Å². The SMILES string of the molecule is Nc1ccccc1-c1ccc([N+](=O)[O-])cc1C(F)(F)F. The van der Waals surface area contributed by atoms with E-state index in [2.05, 4.69) is 0 Å². The summed E-state index contributed by atoms with van der Waals surface area (Å²) in [7, 11) is 0. The van der Waals surface area contributed by atoms with Crippen LogP contribution in [0.1, 0.15) is 5.56 Å². The number of nitro groups is 1. The monoisotopic (exact) mass is 282 g/mol. The zero-order chi connectivity index (χ0) is 14.9. The second-order valence-electron chi connectivity index (χ2n) is 4.07. The van der Waals surface area contributed by atoms with Crippen molar-refractivity contribution in [3.63, 3.8) is 0 Å². The first-order chi connectivity index (χ1) is 9.30. The van der Waals surface area contributed by atoms with E-state index in [1.807, 2.05) is 0 Å². The Morgan fingerprint density at radius 1 is 1.05 bits per heavy atom. The van der Waals surface area contributed by atoms with Crippen molar-refractivity contribution in [3.05, 3.63) is 58.1 Å². The molecule has 104 valence electrons. The van der Waals surface area contributed by atoms with Crippen molar-refractivity contribution in [2.24, 2.45) is 0 Å². The molecule has 2 aromatic rings. The summed E-state index contributed by atoms with van der Waals surface area (Å²) in [4.78, 5) is 9.74. The van der Waals surface area contributed by atoms with Crippen LogP contribution < -0.4 is 5.73 Å². The fourth-order valence-electron chi connectivity index (χ4n) is 1.86. The highest BCUT2D eigenvalue weighted by atomic mass is 19.4. The molecular weight excluding hydrogens is 273 g/mol. The van der Waals surface area contributed by atoms with Gasteiger partial charge in [-0.25, -0.2) is 0 Å². The molecule has 0 heterocycles. The number of alkyl halides is 3. The molecule has 0 aromatic heterocycles. The fourth-order valence-corrected chi connectivity index (χ4v) is 1.86. The molecule has 7 heteroatoms. The van der Waals surface area contributed by atoms with Gasteiger partial charge in [-0.1, -0.05) is 18.2 Å². The van der Waals surface area contributed by atoms with Crippen LogP contribution >= 0.6 is 0 Å². The molecule has 0 spiro atoms. The molecule has 2 aromatic carbocycles. The Morgan fingerprint density at radius 3 is 2.25 bits per heavy atom. The number of benzene rings is 2. The Balaban J connectivity index is 2.71. The topological polar surface area (TPSA) is 69.2 Å². The maximum Gasteiger partial charge on any atom is 0.417 e. The average molecular weight is 282 g/mol. The van der Waals surface area contributed by atoms with Crippen molar-refractivity contribution >= 4 is 11.4 Å². The summed E-state index contributed by atoms with van der Waals surface area (Å²) in [5.41, 5.74) is 4.15. The Hall–Kier alpha value is -2.57. The summed E-state index contributed by atoms with van der Waals surface area (Å²) in [6.45, 7) is 0. The van der Waals surface area contributed by atoms with Gasteiger partial charge in [-0.15, -0.1) is 0 Å². The minimum Gasteiger partial charge on any atom is -0.398 e. The standard InChI is InChI=1S/C13H9F3N2O2/c14-13(15,16)11-7-8(18(19)20)5-6-9(11)10-3-1-2-4-12(10)17/h1-7H,17H2. The molecule has 0 unspecified atom stereocenters. The molecule has 0 saturated carbocycles. The van der Waals surface area contributed by atoms with E-state index in [1.165, 1.54) is 12.1 Å². The first-order valence-electron chi connectivity index (χ1n) is 5.51. The van der Waals surface area contributed by atoms with Crippen molar-refractivity contribution in [2.45, 2.75) is 6.18 Å². The maximum atomic E-state index is 13.0. The molecule has 2 N–H and O–H groups in total. The maximum absolute atomic E-state index is 13.0. The van der Waals surface area contributed by atoms with Gasteiger partial charge in [0.25, 0.3) is 5.69 Å². The number of nitrogen functional groups attached to an aromatic ring is 1. The number of nitrogens with two attached hydrogens (primary N) is 1. The molecule has 0 atom stereocenters. The fraction of sp³-hybridized carbons (Fsp3) is 0.0769. The predicted molar refractivity (Wildman–Crippen MR) is 67.9 cm³/mol. The normalized spacial score (nSPS) is 11.3. The summed E-state index contributed by atoms with van der Waals surface area (Å²) in [5, 5.41) is 10.6. The van der Waals surface area contributed by atoms with Gasteiger partial charge in [0.15, 0.2) is 0 Å². The molecule has 4 nitrogen and oxygen atoms in total. The lowest BCUT2D eigenvalue weighted by Crippen LogP contribution is -2.08. The van der Waals surface area contributed by atoms with Crippen LogP contribution in [0.5, 0.6) is 0 Å². The number of hydrogen-bond acceptors (Lipinski definition) is 3. The number of non-ortho nitro benzene ring substituents is 1. The molecule has 0 aliphatic rings. The van der Waals surface area contributed by atoms with Gasteiger partial charge in [-0.05, 0) is 17.7 Å². The second-order valence-corrected chi connectivity index (χ2v) is 4.07. The lowest BCUT2D eigenvalue weighted by molar-refractivity contribution is -0.385. The first-order valence-corrected chi connectivity index (χ1v) is 5.51. The zero-order valence-corrected chi connectivity index (χ0v) is 10.0. The van der Waals surface area contributed by atoms with E-state index >= 15 is 0 Å². The third-order valence-corrected chi connectivity index (χ3v) is 2.77. The van der Waals surface area contributed by atoms with Crippen LogP contribution in [-0.2, 0) is 6.18 Å². The Kier molecular flexibility index (Phi) is 3.35. The third-order valence-electron chi connectivity index (χ3n) is 2.77. The first kappa shape index (κ1) is 13.9. The van der Waals surface area contributed by atoms with Crippen molar-refractivity contribution in [2.75, 3.05) is 5.73 Å². The average Bonchev–Trinajstić information content (AvgIpc) is 2.37. The van der Waals surface area contributed by atoms with Crippen LogP contribution in [0.25, 0.3) is 11.1 Å². The molecule has 0 radical (unpaired) electrons. The third kappa shape index (κ3) is 2.56. The van der Waals surface area contributed by atoms with Crippen molar-refractivity contribution in [1.29, 1.82) is 0 Å². The summed E-state index contributed by atoms with van der Waals surface area (Å²) in [6, 6.07) is 8.65. The summed E-state index contributed by atoms with van der Waals surface area (Å²) in [6.07, 6.45) is -4.70. The molecule has 0 aliphatic carbocycles. The molecule has 0 aliphatic heterocycles. The number of para-hydroxylation sites is 1. The number of anilines is 1. The van der Waals surface area contributed by atoms with E-state index in [4.69, 9.17) is 5.73 Å². The van der Waals surface area contributed by atoms with Gasteiger partial charge in [0.05, 0.1) is 10.5 Å². The lowest BCUT2D eigenvalue weighted by Gasteiger charge is -2.14. The van der Waals surface area contributed by atoms with Crippen molar-refractivity contribution in [1.82, 2.24) is 0 Å². The Bertz CT molecular complexity index is 669. The van der Waals surface area contributed by atoms with Gasteiger partial charge in [0.1, 0.15) is 0 Å². The Morgan fingerprint density at radius 2 is 1.70 bits per heavy atom. The van der Waals surface area contributed by atoms with E-state index in [0.29, 0.717) is 6.07 Å². The highest BCUT2D eigenvalue weighted by Gasteiger charge is 2.35. The van der Waals surface area contributed by atoms with Gasteiger partial charge >= 0.3 is 6.18 Å². The van der Waals surface area contributed by atoms with Gasteiger partial charge in [-0.3, -0.25) is 10.1 Å². The van der Waals surface area contributed by atoms with Crippen LogP contribution in [0.4, 0.5) is 24.5 Å². The van der Waals surface area contributed by atoms with E-state index in [0.717, 1.165) is 12.1 Å². The quantitative estimate of drug-likeness (QED) is 0.516. The highest BCUT2D eigenvalue weighted by Crippen LogP contribution is 2.40. The van der Waals surface area contributed by atoms with Crippen LogP contribution in [0.15, 0.2) is 42.5 Å². The minimum atomic E-state index is -4.70. The lowest BCUT2D eigenvalue weighted by atomic mass is 9.97. The van der Waals surface area contributed by atoms with Crippen LogP contribution in [0, 0.1) is 10.1 Å². The summed E-state index contributed by atoms with van der Waals surface area (Å²) in [5.74, 6) is 0. The van der Waals surface area contributed by atoms with Crippen molar-refractivity contribution in [3.8, 4) is 11.1 Å². The molecule has 0 saturated heterocycles. The molecule has 2 rings (SSSR count). The molecule has 0 fully saturated rings. The van der Waals surface area contributed by atoms with E-state index in [1.54, 1.807) is 12.1 Å². The zero-order valence-electron chi connectivity index (χ0n) is 10.0. The van der Waals surface area contributed by atoms with Crippen LogP contribution in [0.3, 0.4) is 0 Å². The minimum absolute atomic E-state index is 0.173. The molecular formula is C13H9F3N2O2. The van der Waals surface area contributed by atoms with Gasteiger partial charge < -0.3 is 5.73 Å². The van der Waals surface area contributed by atoms with Crippen LogP contribution in [0.2, 0.25) is 0 Å². The van der Waals surface area contributed by atoms with Gasteiger partial charge in [0.2, 0.25) is 0 Å². The van der Waals surface area contributed by atoms with Gasteiger partial charge in [0, 0.05) is 23.4 Å². The second kappa shape index (κ2) is 4.84. The van der Waals surface area contributed by atoms with Gasteiger partial charge in [-0.2, -0.15) is 13.2 Å². The van der Waals surface area contributed by atoms with E-state index in [9.17, 15) is 23.3 Å². The predicted octanol–water partition coefficient (Wildman–Crippen LogP) is 3.86. The van der Waals surface area contributed by atoms with Crippen molar-refractivity contribution < 1.29 is 18.1 Å².